The largest absolute Gasteiger partial charge is 0.497 e. The van der Waals surface area contributed by atoms with E-state index in [9.17, 15) is 13.2 Å². The summed E-state index contributed by atoms with van der Waals surface area (Å²) >= 11 is 0. The molecule has 0 spiro atoms. The average Bonchev–Trinajstić information content (AvgIpc) is 2.72. The molecule has 2 aromatic rings. The number of carbonyl (C=O) groups is 1. The van der Waals surface area contributed by atoms with Gasteiger partial charge in [-0.15, -0.1) is 0 Å². The fourth-order valence-corrected chi connectivity index (χ4v) is 4.47. The second-order valence-electron chi connectivity index (χ2n) is 6.83. The van der Waals surface area contributed by atoms with Crippen LogP contribution in [0.25, 0.3) is 0 Å². The molecule has 2 N–H and O–H groups in total. The second kappa shape index (κ2) is 10.2. The van der Waals surface area contributed by atoms with Gasteiger partial charge in [0, 0.05) is 32.9 Å². The van der Waals surface area contributed by atoms with Gasteiger partial charge in [-0.25, -0.2) is 13.2 Å². The maximum absolute atomic E-state index is 13.4. The maximum Gasteiger partial charge on any atom is 0.314 e. The molecule has 29 heavy (non-hydrogen) atoms. The zero-order valence-corrected chi connectivity index (χ0v) is 18.1. The highest BCUT2D eigenvalue weighted by atomic mass is 32.2. The highest BCUT2D eigenvalue weighted by Gasteiger charge is 2.29. The number of methoxy groups -OCH3 is 1. The molecular formula is C21H29N3O4S. The van der Waals surface area contributed by atoms with Crippen LogP contribution in [0.4, 0.5) is 10.5 Å². The van der Waals surface area contributed by atoms with Crippen LogP contribution in [0.5, 0.6) is 5.75 Å². The lowest BCUT2D eigenvalue weighted by Crippen LogP contribution is -2.39. The molecular weight excluding hydrogens is 390 g/mol. The van der Waals surface area contributed by atoms with E-state index in [1.54, 1.807) is 24.3 Å². The van der Waals surface area contributed by atoms with Crippen molar-refractivity contribution < 1.29 is 17.9 Å². The number of hydrogen-bond acceptors (Lipinski definition) is 5. The van der Waals surface area contributed by atoms with E-state index in [4.69, 9.17) is 4.74 Å². The standard InChI is InChI=1S/C21H29N3O4S/c1-5-14-22-21(25)23-15-20(16-6-8-17(9-7-16)24(2)3)29(26,27)19-12-10-18(28-4)11-13-19/h6-13,20H,5,14-15H2,1-4H3,(H2,22,23,25)/t20-/m0/s1. The van der Waals surface area contributed by atoms with Gasteiger partial charge in [-0.05, 0) is 48.4 Å². The lowest BCUT2D eigenvalue weighted by Gasteiger charge is -2.20. The number of nitrogens with zero attached hydrogens (tertiary/aromatic N) is 1. The van der Waals surface area contributed by atoms with Gasteiger partial charge in [0.05, 0.1) is 12.0 Å². The first kappa shape index (κ1) is 22.5. The predicted octanol–water partition coefficient (Wildman–Crippen LogP) is 2.99. The number of urea groups is 1. The molecule has 0 unspecified atom stereocenters. The molecule has 158 valence electrons. The van der Waals surface area contributed by atoms with E-state index in [2.05, 4.69) is 10.6 Å². The molecule has 0 bridgehead atoms. The van der Waals surface area contributed by atoms with Crippen molar-refractivity contribution >= 4 is 21.6 Å². The third-order valence-corrected chi connectivity index (χ3v) is 6.64. The van der Waals surface area contributed by atoms with Crippen LogP contribution in [0.3, 0.4) is 0 Å². The lowest BCUT2D eigenvalue weighted by molar-refractivity contribution is 0.241. The van der Waals surface area contributed by atoms with Crippen molar-refractivity contribution in [3.05, 3.63) is 54.1 Å². The normalized spacial score (nSPS) is 12.1. The molecule has 0 aliphatic rings. The topological polar surface area (TPSA) is 87.7 Å². The Morgan fingerprint density at radius 1 is 1.03 bits per heavy atom. The Balaban J connectivity index is 2.35. The van der Waals surface area contributed by atoms with Crippen molar-refractivity contribution in [2.24, 2.45) is 0 Å². The van der Waals surface area contributed by atoms with Crippen LogP contribution in [-0.2, 0) is 9.84 Å². The van der Waals surface area contributed by atoms with Gasteiger partial charge in [-0.2, -0.15) is 0 Å². The summed E-state index contributed by atoms with van der Waals surface area (Å²) in [6, 6.07) is 13.2. The summed E-state index contributed by atoms with van der Waals surface area (Å²) in [4.78, 5) is 14.1. The van der Waals surface area contributed by atoms with E-state index in [1.165, 1.54) is 19.2 Å². The fourth-order valence-electron chi connectivity index (χ4n) is 2.81. The molecule has 1 atom stereocenters. The third kappa shape index (κ3) is 5.87. The Kier molecular flexibility index (Phi) is 7.90. The quantitative estimate of drug-likeness (QED) is 0.652. The van der Waals surface area contributed by atoms with E-state index < -0.39 is 15.1 Å². The van der Waals surface area contributed by atoms with Gasteiger partial charge in [-0.1, -0.05) is 19.1 Å². The smallest absolute Gasteiger partial charge is 0.314 e. The molecule has 7 nitrogen and oxygen atoms in total. The van der Waals surface area contributed by atoms with Crippen LogP contribution in [0, 0.1) is 0 Å². The number of anilines is 1. The van der Waals surface area contributed by atoms with Crippen molar-refractivity contribution in [3.8, 4) is 5.75 Å². The van der Waals surface area contributed by atoms with Crippen molar-refractivity contribution in [1.29, 1.82) is 0 Å². The molecule has 2 amide bonds. The molecule has 0 aliphatic carbocycles. The Hall–Kier alpha value is -2.74. The molecule has 0 saturated carbocycles. The van der Waals surface area contributed by atoms with Crippen LogP contribution in [-0.4, -0.2) is 48.7 Å². The average molecular weight is 420 g/mol. The zero-order chi connectivity index (χ0) is 21.4. The van der Waals surface area contributed by atoms with E-state index in [0.29, 0.717) is 17.9 Å². The molecule has 0 aromatic heterocycles. The van der Waals surface area contributed by atoms with Crippen LogP contribution in [0.1, 0.15) is 24.2 Å². The van der Waals surface area contributed by atoms with Crippen LogP contribution < -0.4 is 20.3 Å². The molecule has 0 aliphatic heterocycles. The minimum atomic E-state index is -3.74. The lowest BCUT2D eigenvalue weighted by atomic mass is 10.1. The van der Waals surface area contributed by atoms with Gasteiger partial charge in [0.15, 0.2) is 9.84 Å². The van der Waals surface area contributed by atoms with Gasteiger partial charge in [0.25, 0.3) is 0 Å². The first-order valence-electron chi connectivity index (χ1n) is 9.46. The Morgan fingerprint density at radius 2 is 1.66 bits per heavy atom. The number of sulfone groups is 1. The monoisotopic (exact) mass is 419 g/mol. The zero-order valence-electron chi connectivity index (χ0n) is 17.3. The van der Waals surface area contributed by atoms with Crippen LogP contribution in [0.2, 0.25) is 0 Å². The molecule has 0 heterocycles. The minimum absolute atomic E-state index is 0.0365. The van der Waals surface area contributed by atoms with E-state index in [0.717, 1.165) is 12.1 Å². The van der Waals surface area contributed by atoms with Gasteiger partial charge in [-0.3, -0.25) is 0 Å². The Morgan fingerprint density at radius 3 is 2.17 bits per heavy atom. The summed E-state index contributed by atoms with van der Waals surface area (Å²) in [7, 11) is 1.62. The summed E-state index contributed by atoms with van der Waals surface area (Å²) in [5.41, 5.74) is 1.57. The molecule has 0 saturated heterocycles. The summed E-state index contributed by atoms with van der Waals surface area (Å²) in [5.74, 6) is 0.577. The SMILES string of the molecule is CCCNC(=O)NC[C@@H](c1ccc(N(C)C)cc1)S(=O)(=O)c1ccc(OC)cc1. The van der Waals surface area contributed by atoms with Crippen LogP contribution >= 0.6 is 0 Å². The minimum Gasteiger partial charge on any atom is -0.497 e. The molecule has 0 radical (unpaired) electrons. The van der Waals surface area contributed by atoms with Gasteiger partial charge in [0.2, 0.25) is 0 Å². The van der Waals surface area contributed by atoms with E-state index in [1.807, 2.05) is 38.1 Å². The molecule has 8 heteroatoms. The number of ether oxygens (including phenoxy) is 1. The fraction of sp³-hybridized carbons (Fsp3) is 0.381. The number of hydrogen-bond donors (Lipinski definition) is 2. The van der Waals surface area contributed by atoms with Crippen LogP contribution in [0.15, 0.2) is 53.4 Å². The Bertz CT molecular complexity index is 895. The highest BCUT2D eigenvalue weighted by Crippen LogP contribution is 2.30. The molecule has 0 fully saturated rings. The van der Waals surface area contributed by atoms with E-state index in [-0.39, 0.29) is 17.5 Å². The number of benzene rings is 2. The second-order valence-corrected chi connectivity index (χ2v) is 8.96. The van der Waals surface area contributed by atoms with Gasteiger partial charge < -0.3 is 20.3 Å². The van der Waals surface area contributed by atoms with E-state index >= 15 is 0 Å². The molecule has 2 rings (SSSR count). The Labute approximate surface area is 173 Å². The number of rotatable bonds is 9. The third-order valence-electron chi connectivity index (χ3n) is 4.53. The van der Waals surface area contributed by atoms with Crippen molar-refractivity contribution in [2.75, 3.05) is 39.2 Å². The maximum atomic E-state index is 13.4. The number of amides is 2. The van der Waals surface area contributed by atoms with Gasteiger partial charge >= 0.3 is 6.03 Å². The van der Waals surface area contributed by atoms with Crippen molar-refractivity contribution in [1.82, 2.24) is 10.6 Å². The summed E-state index contributed by atoms with van der Waals surface area (Å²) < 4.78 is 31.8. The highest BCUT2D eigenvalue weighted by molar-refractivity contribution is 7.91. The van der Waals surface area contributed by atoms with Gasteiger partial charge in [0.1, 0.15) is 11.0 Å². The first-order valence-corrected chi connectivity index (χ1v) is 11.0. The van der Waals surface area contributed by atoms with Crippen molar-refractivity contribution in [2.45, 2.75) is 23.5 Å². The predicted molar refractivity (Wildman–Crippen MR) is 115 cm³/mol. The summed E-state index contributed by atoms with van der Waals surface area (Å²) in [6.07, 6.45) is 0.799. The summed E-state index contributed by atoms with van der Waals surface area (Å²) in [5, 5.41) is 4.47. The summed E-state index contributed by atoms with van der Waals surface area (Å²) in [6.45, 7) is 2.44. The number of carbonyl (C=O) groups excluding carboxylic acids is 1. The molecule has 2 aromatic carbocycles. The number of nitrogens with one attached hydrogen (secondary N) is 2. The van der Waals surface area contributed by atoms with Crippen molar-refractivity contribution in [3.63, 3.8) is 0 Å². The first-order chi connectivity index (χ1) is 13.8.